The zero-order valence-corrected chi connectivity index (χ0v) is 11.9. The van der Waals surface area contributed by atoms with Gasteiger partial charge in [-0.15, -0.1) is 0 Å². The molecule has 0 saturated carbocycles. The van der Waals surface area contributed by atoms with E-state index in [0.717, 1.165) is 17.7 Å². The molecule has 1 heterocycles. The number of para-hydroxylation sites is 1. The van der Waals surface area contributed by atoms with Crippen LogP contribution in [0.4, 0.5) is 0 Å². The Morgan fingerprint density at radius 2 is 2.11 bits per heavy atom. The number of aromatic nitrogens is 2. The second-order valence-corrected chi connectivity index (χ2v) is 5.49. The third kappa shape index (κ3) is 3.23. The molecule has 0 unspecified atom stereocenters. The number of carbonyl (C=O) groups is 1. The molecule has 5 heteroatoms. The summed E-state index contributed by atoms with van der Waals surface area (Å²) >= 11 is 1.52. The van der Waals surface area contributed by atoms with E-state index in [9.17, 15) is 9.59 Å². The zero-order valence-electron chi connectivity index (χ0n) is 11.0. The van der Waals surface area contributed by atoms with Gasteiger partial charge in [0.15, 0.2) is 5.16 Å². The smallest absolute Gasteiger partial charge is 0.261 e. The summed E-state index contributed by atoms with van der Waals surface area (Å²) in [7, 11) is 1.73. The van der Waals surface area contributed by atoms with Crippen molar-refractivity contribution in [2.45, 2.75) is 24.9 Å². The van der Waals surface area contributed by atoms with Crippen molar-refractivity contribution in [1.82, 2.24) is 9.55 Å². The maximum Gasteiger partial charge on any atom is 0.261 e. The van der Waals surface area contributed by atoms with Crippen LogP contribution < -0.4 is 5.56 Å². The number of benzene rings is 1. The van der Waals surface area contributed by atoms with Gasteiger partial charge >= 0.3 is 0 Å². The minimum Gasteiger partial charge on any atom is -0.300 e. The summed E-state index contributed by atoms with van der Waals surface area (Å²) in [5, 5.41) is 1.34. The molecule has 100 valence electrons. The third-order valence-corrected chi connectivity index (χ3v) is 3.96. The molecule has 4 nitrogen and oxygen atoms in total. The first kappa shape index (κ1) is 13.8. The molecule has 0 atom stereocenters. The highest BCUT2D eigenvalue weighted by Crippen LogP contribution is 2.18. The number of ketones is 1. The SMILES string of the molecule is CC(=O)CCCSc1nc2ccccc2c(=O)n1C. The standard InChI is InChI=1S/C14H16N2O2S/c1-10(17)6-5-9-19-14-15-12-8-4-3-7-11(12)13(18)16(14)2/h3-4,7-8H,5-6,9H2,1-2H3. The predicted octanol–water partition coefficient (Wildman–Crippen LogP) is 2.39. The molecule has 0 bridgehead atoms. The number of hydrogen-bond donors (Lipinski definition) is 0. The van der Waals surface area contributed by atoms with E-state index in [-0.39, 0.29) is 11.3 Å². The van der Waals surface area contributed by atoms with Gasteiger partial charge in [0, 0.05) is 19.2 Å². The summed E-state index contributed by atoms with van der Waals surface area (Å²) in [4.78, 5) is 27.5. The second kappa shape index (κ2) is 6.02. The third-order valence-electron chi connectivity index (χ3n) is 2.85. The minimum absolute atomic E-state index is 0.0281. The van der Waals surface area contributed by atoms with Crippen LogP contribution in [0.25, 0.3) is 10.9 Å². The molecule has 0 aliphatic carbocycles. The van der Waals surface area contributed by atoms with Gasteiger partial charge in [-0.25, -0.2) is 4.98 Å². The quantitative estimate of drug-likeness (QED) is 0.478. The van der Waals surface area contributed by atoms with E-state index in [1.807, 2.05) is 18.2 Å². The summed E-state index contributed by atoms with van der Waals surface area (Å²) in [5.74, 6) is 0.985. The molecule has 0 N–H and O–H groups in total. The summed E-state index contributed by atoms with van der Waals surface area (Å²) in [6, 6.07) is 7.34. The van der Waals surface area contributed by atoms with Crippen molar-refractivity contribution in [2.75, 3.05) is 5.75 Å². The molecular formula is C14H16N2O2S. The molecule has 0 saturated heterocycles. The van der Waals surface area contributed by atoms with E-state index in [4.69, 9.17) is 0 Å². The number of hydrogen-bond acceptors (Lipinski definition) is 4. The number of fused-ring (bicyclic) bond motifs is 1. The Balaban J connectivity index is 2.21. The van der Waals surface area contributed by atoms with Crippen molar-refractivity contribution in [3.05, 3.63) is 34.6 Å². The van der Waals surface area contributed by atoms with Gasteiger partial charge < -0.3 is 4.79 Å². The molecule has 19 heavy (non-hydrogen) atoms. The highest BCUT2D eigenvalue weighted by Gasteiger charge is 2.08. The molecule has 0 amide bonds. The Hall–Kier alpha value is -1.62. The summed E-state index contributed by atoms with van der Waals surface area (Å²) in [5.41, 5.74) is 0.694. The van der Waals surface area contributed by atoms with Gasteiger partial charge in [-0.1, -0.05) is 23.9 Å². The van der Waals surface area contributed by atoms with Crippen LogP contribution in [-0.4, -0.2) is 21.1 Å². The van der Waals surface area contributed by atoms with Crippen LogP contribution in [0.5, 0.6) is 0 Å². The van der Waals surface area contributed by atoms with Crippen LogP contribution in [0, 0.1) is 0 Å². The van der Waals surface area contributed by atoms with Crippen molar-refractivity contribution < 1.29 is 4.79 Å². The molecule has 0 aliphatic rings. The van der Waals surface area contributed by atoms with E-state index in [2.05, 4.69) is 4.98 Å². The lowest BCUT2D eigenvalue weighted by atomic mass is 10.2. The molecule has 2 aromatic rings. The Bertz CT molecular complexity index is 664. The van der Waals surface area contributed by atoms with E-state index >= 15 is 0 Å². The number of Topliss-reactive ketones (excluding diaryl/α,β-unsaturated/α-hetero) is 1. The number of rotatable bonds is 5. The van der Waals surface area contributed by atoms with Gasteiger partial charge in [0.2, 0.25) is 0 Å². The van der Waals surface area contributed by atoms with E-state index < -0.39 is 0 Å². The normalized spacial score (nSPS) is 10.8. The minimum atomic E-state index is -0.0281. The topological polar surface area (TPSA) is 52.0 Å². The lowest BCUT2D eigenvalue weighted by Crippen LogP contribution is -2.20. The van der Waals surface area contributed by atoms with Crippen LogP contribution in [0.3, 0.4) is 0 Å². The fraction of sp³-hybridized carbons (Fsp3) is 0.357. The first-order chi connectivity index (χ1) is 9.09. The zero-order chi connectivity index (χ0) is 13.8. The van der Waals surface area contributed by atoms with Crippen molar-refractivity contribution in [3.63, 3.8) is 0 Å². The second-order valence-electron chi connectivity index (χ2n) is 4.43. The summed E-state index contributed by atoms with van der Waals surface area (Å²) < 4.78 is 1.57. The van der Waals surface area contributed by atoms with Crippen LogP contribution in [0.2, 0.25) is 0 Å². The highest BCUT2D eigenvalue weighted by molar-refractivity contribution is 7.99. The van der Waals surface area contributed by atoms with Crippen LogP contribution in [-0.2, 0) is 11.8 Å². The maximum atomic E-state index is 12.1. The van der Waals surface area contributed by atoms with Crippen LogP contribution in [0.15, 0.2) is 34.2 Å². The van der Waals surface area contributed by atoms with E-state index in [1.54, 1.807) is 24.6 Å². The van der Waals surface area contributed by atoms with E-state index in [0.29, 0.717) is 17.0 Å². The Labute approximate surface area is 115 Å². The summed E-state index contributed by atoms with van der Waals surface area (Å²) in [6.45, 7) is 1.59. The highest BCUT2D eigenvalue weighted by atomic mass is 32.2. The molecule has 0 aliphatic heterocycles. The molecule has 0 spiro atoms. The monoisotopic (exact) mass is 276 g/mol. The van der Waals surface area contributed by atoms with Crippen LogP contribution >= 0.6 is 11.8 Å². The van der Waals surface area contributed by atoms with E-state index in [1.165, 1.54) is 11.8 Å². The lowest BCUT2D eigenvalue weighted by Gasteiger charge is -2.08. The molecule has 0 radical (unpaired) electrons. The van der Waals surface area contributed by atoms with Crippen molar-refractivity contribution >= 4 is 28.4 Å². The lowest BCUT2D eigenvalue weighted by molar-refractivity contribution is -0.117. The Morgan fingerprint density at radius 3 is 2.84 bits per heavy atom. The largest absolute Gasteiger partial charge is 0.300 e. The fourth-order valence-corrected chi connectivity index (χ4v) is 2.72. The van der Waals surface area contributed by atoms with Gasteiger partial charge in [-0.3, -0.25) is 9.36 Å². The first-order valence-corrected chi connectivity index (χ1v) is 7.16. The summed E-state index contributed by atoms with van der Waals surface area (Å²) in [6.07, 6.45) is 1.39. The van der Waals surface area contributed by atoms with Crippen molar-refractivity contribution in [1.29, 1.82) is 0 Å². The molecule has 1 aromatic heterocycles. The van der Waals surface area contributed by atoms with Gasteiger partial charge in [-0.05, 0) is 25.5 Å². The fourth-order valence-electron chi connectivity index (χ4n) is 1.81. The average molecular weight is 276 g/mol. The van der Waals surface area contributed by atoms with Crippen molar-refractivity contribution in [2.24, 2.45) is 7.05 Å². The van der Waals surface area contributed by atoms with Gasteiger partial charge in [0.1, 0.15) is 5.78 Å². The molecule has 1 aromatic carbocycles. The van der Waals surface area contributed by atoms with Gasteiger partial charge in [0.05, 0.1) is 10.9 Å². The average Bonchev–Trinajstić information content (AvgIpc) is 2.40. The number of nitrogens with zero attached hydrogens (tertiary/aromatic N) is 2. The number of thioether (sulfide) groups is 1. The Morgan fingerprint density at radius 1 is 1.37 bits per heavy atom. The van der Waals surface area contributed by atoms with Crippen LogP contribution in [0.1, 0.15) is 19.8 Å². The van der Waals surface area contributed by atoms with Gasteiger partial charge in [-0.2, -0.15) is 0 Å². The van der Waals surface area contributed by atoms with Crippen molar-refractivity contribution in [3.8, 4) is 0 Å². The van der Waals surface area contributed by atoms with Gasteiger partial charge in [0.25, 0.3) is 5.56 Å². The molecular weight excluding hydrogens is 260 g/mol. The maximum absolute atomic E-state index is 12.1. The first-order valence-electron chi connectivity index (χ1n) is 6.17. The molecule has 2 rings (SSSR count). The predicted molar refractivity (Wildman–Crippen MR) is 77.6 cm³/mol. The Kier molecular flexibility index (Phi) is 4.37. The number of carbonyl (C=O) groups excluding carboxylic acids is 1. The molecule has 0 fully saturated rings.